The monoisotopic (exact) mass is 522 g/mol. The highest BCUT2D eigenvalue weighted by molar-refractivity contribution is 9.11. The molecule has 3 aromatic rings. The number of nitrogens with zero attached hydrogens (tertiary/aromatic N) is 2. The fourth-order valence-electron chi connectivity index (χ4n) is 3.40. The SMILES string of the molecule is COC(=O)Nc1ccc2c(-c3nc(NC4CCCNC4)ncc3Br)c[nH]c2c1Br. The predicted octanol–water partition coefficient (Wildman–Crippen LogP) is 4.49. The molecule has 1 fully saturated rings. The van der Waals surface area contributed by atoms with Crippen molar-refractivity contribution in [3.63, 3.8) is 0 Å². The van der Waals surface area contributed by atoms with Crippen LogP contribution >= 0.6 is 31.9 Å². The topological polar surface area (TPSA) is 104 Å². The predicted molar refractivity (Wildman–Crippen MR) is 120 cm³/mol. The molecule has 0 aliphatic carbocycles. The highest BCUT2D eigenvalue weighted by Gasteiger charge is 2.18. The lowest BCUT2D eigenvalue weighted by Gasteiger charge is -2.23. The smallest absolute Gasteiger partial charge is 0.411 e. The normalized spacial score (nSPS) is 16.6. The molecule has 1 aliphatic heterocycles. The number of fused-ring (bicyclic) bond motifs is 1. The first-order chi connectivity index (χ1) is 14.1. The van der Waals surface area contributed by atoms with Crippen LogP contribution in [0.25, 0.3) is 22.2 Å². The van der Waals surface area contributed by atoms with Gasteiger partial charge in [0.25, 0.3) is 0 Å². The maximum Gasteiger partial charge on any atom is 0.411 e. The van der Waals surface area contributed by atoms with Gasteiger partial charge in [-0.25, -0.2) is 14.8 Å². The van der Waals surface area contributed by atoms with Crippen molar-refractivity contribution in [3.05, 3.63) is 33.5 Å². The number of hydrogen-bond acceptors (Lipinski definition) is 6. The van der Waals surface area contributed by atoms with E-state index >= 15 is 0 Å². The minimum atomic E-state index is -0.525. The number of methoxy groups -OCH3 is 1. The van der Waals surface area contributed by atoms with Gasteiger partial charge in [-0.3, -0.25) is 5.32 Å². The van der Waals surface area contributed by atoms with Gasteiger partial charge in [0.05, 0.1) is 33.0 Å². The summed E-state index contributed by atoms with van der Waals surface area (Å²) in [6.07, 6.45) is 5.37. The second kappa shape index (κ2) is 8.68. The average molecular weight is 524 g/mol. The Kier molecular flexibility index (Phi) is 6.02. The zero-order valence-electron chi connectivity index (χ0n) is 15.7. The Morgan fingerprint density at radius 1 is 1.34 bits per heavy atom. The van der Waals surface area contributed by atoms with Crippen molar-refractivity contribution in [1.82, 2.24) is 20.3 Å². The third-order valence-electron chi connectivity index (χ3n) is 4.84. The highest BCUT2D eigenvalue weighted by Crippen LogP contribution is 2.38. The number of benzene rings is 1. The Morgan fingerprint density at radius 2 is 2.21 bits per heavy atom. The van der Waals surface area contributed by atoms with E-state index in [2.05, 4.69) is 62.5 Å². The Balaban J connectivity index is 1.68. The van der Waals surface area contributed by atoms with Gasteiger partial charge in [-0.1, -0.05) is 6.07 Å². The summed E-state index contributed by atoms with van der Waals surface area (Å²) in [4.78, 5) is 24.0. The number of carbonyl (C=O) groups excluding carboxylic acids is 1. The molecule has 4 rings (SSSR count). The Bertz CT molecular complexity index is 1050. The average Bonchev–Trinajstić information content (AvgIpc) is 3.17. The minimum Gasteiger partial charge on any atom is -0.453 e. The van der Waals surface area contributed by atoms with E-state index in [0.29, 0.717) is 17.7 Å². The van der Waals surface area contributed by atoms with Crippen molar-refractivity contribution in [1.29, 1.82) is 0 Å². The summed E-state index contributed by atoms with van der Waals surface area (Å²) in [6.45, 7) is 1.96. The van der Waals surface area contributed by atoms with Gasteiger partial charge in [0.15, 0.2) is 0 Å². The first-order valence-electron chi connectivity index (χ1n) is 9.21. The van der Waals surface area contributed by atoms with Crippen molar-refractivity contribution in [2.45, 2.75) is 18.9 Å². The van der Waals surface area contributed by atoms with Gasteiger partial charge in [0.1, 0.15) is 0 Å². The molecule has 0 spiro atoms. The molecule has 1 saturated heterocycles. The zero-order chi connectivity index (χ0) is 20.4. The lowest BCUT2D eigenvalue weighted by Crippen LogP contribution is -2.38. The molecular formula is C19H20Br2N6O2. The minimum absolute atomic E-state index is 0.321. The number of carbonyl (C=O) groups is 1. The van der Waals surface area contributed by atoms with Gasteiger partial charge < -0.3 is 20.4 Å². The van der Waals surface area contributed by atoms with Crippen LogP contribution in [0.2, 0.25) is 0 Å². The summed E-state index contributed by atoms with van der Waals surface area (Å²) < 4.78 is 6.21. The molecule has 29 heavy (non-hydrogen) atoms. The fraction of sp³-hybridized carbons (Fsp3) is 0.316. The van der Waals surface area contributed by atoms with Crippen LogP contribution in [0, 0.1) is 0 Å². The zero-order valence-corrected chi connectivity index (χ0v) is 18.9. The number of halogens is 2. The van der Waals surface area contributed by atoms with Crippen LogP contribution < -0.4 is 16.0 Å². The Morgan fingerprint density at radius 3 is 2.97 bits per heavy atom. The number of H-pyrrole nitrogens is 1. The number of ether oxygens (including phenoxy) is 1. The first kappa shape index (κ1) is 20.1. The second-order valence-corrected chi connectivity index (χ2v) is 8.39. The van der Waals surface area contributed by atoms with Gasteiger partial charge in [0, 0.05) is 35.9 Å². The molecule has 1 aliphatic rings. The molecule has 0 bridgehead atoms. The van der Waals surface area contributed by atoms with Crippen molar-refractivity contribution >= 4 is 60.5 Å². The van der Waals surface area contributed by atoms with Crippen LogP contribution in [0.1, 0.15) is 12.8 Å². The van der Waals surface area contributed by atoms with E-state index in [0.717, 1.165) is 57.0 Å². The molecule has 1 aromatic carbocycles. The van der Waals surface area contributed by atoms with Gasteiger partial charge in [-0.05, 0) is 57.3 Å². The van der Waals surface area contributed by atoms with Crippen LogP contribution in [0.5, 0.6) is 0 Å². The number of anilines is 2. The maximum absolute atomic E-state index is 11.5. The molecular weight excluding hydrogens is 504 g/mol. The van der Waals surface area contributed by atoms with Crippen molar-refractivity contribution in [2.75, 3.05) is 30.8 Å². The lowest BCUT2D eigenvalue weighted by atomic mass is 10.1. The number of nitrogens with one attached hydrogen (secondary N) is 4. The third kappa shape index (κ3) is 4.24. The number of aromatic nitrogens is 3. The van der Waals surface area contributed by atoms with Crippen LogP contribution in [0.3, 0.4) is 0 Å². The molecule has 1 atom stereocenters. The molecule has 10 heteroatoms. The summed E-state index contributed by atoms with van der Waals surface area (Å²) >= 11 is 7.13. The summed E-state index contributed by atoms with van der Waals surface area (Å²) in [5.41, 5.74) is 3.19. The molecule has 3 heterocycles. The molecule has 1 amide bonds. The molecule has 152 valence electrons. The summed E-state index contributed by atoms with van der Waals surface area (Å²) in [6, 6.07) is 4.08. The Labute approximate surface area is 184 Å². The highest BCUT2D eigenvalue weighted by atomic mass is 79.9. The van der Waals surface area contributed by atoms with E-state index in [1.54, 1.807) is 6.20 Å². The largest absolute Gasteiger partial charge is 0.453 e. The van der Waals surface area contributed by atoms with Crippen molar-refractivity contribution < 1.29 is 9.53 Å². The molecule has 2 aromatic heterocycles. The van der Waals surface area contributed by atoms with Crippen LogP contribution in [0.15, 0.2) is 33.5 Å². The van der Waals surface area contributed by atoms with Crippen LogP contribution in [-0.4, -0.2) is 47.3 Å². The van der Waals surface area contributed by atoms with E-state index in [9.17, 15) is 4.79 Å². The molecule has 0 radical (unpaired) electrons. The second-order valence-electron chi connectivity index (χ2n) is 6.75. The number of amides is 1. The van der Waals surface area contributed by atoms with E-state index in [1.165, 1.54) is 7.11 Å². The number of piperidine rings is 1. The molecule has 8 nitrogen and oxygen atoms in total. The lowest BCUT2D eigenvalue weighted by molar-refractivity contribution is 0.187. The number of rotatable bonds is 4. The van der Waals surface area contributed by atoms with Crippen LogP contribution in [0.4, 0.5) is 16.4 Å². The first-order valence-corrected chi connectivity index (χ1v) is 10.8. The van der Waals surface area contributed by atoms with Gasteiger partial charge >= 0.3 is 6.09 Å². The van der Waals surface area contributed by atoms with Gasteiger partial charge in [0.2, 0.25) is 5.95 Å². The van der Waals surface area contributed by atoms with E-state index in [1.807, 2.05) is 18.3 Å². The van der Waals surface area contributed by atoms with Gasteiger partial charge in [-0.15, -0.1) is 0 Å². The maximum atomic E-state index is 11.5. The van der Waals surface area contributed by atoms with E-state index in [4.69, 9.17) is 4.98 Å². The van der Waals surface area contributed by atoms with E-state index in [-0.39, 0.29) is 0 Å². The number of aromatic amines is 1. The summed E-state index contributed by atoms with van der Waals surface area (Å²) in [5.74, 6) is 0.606. The van der Waals surface area contributed by atoms with Crippen molar-refractivity contribution in [2.24, 2.45) is 0 Å². The van der Waals surface area contributed by atoms with E-state index < -0.39 is 6.09 Å². The quantitative estimate of drug-likeness (QED) is 0.401. The fourth-order valence-corrected chi connectivity index (χ4v) is 4.36. The molecule has 0 saturated carbocycles. The summed E-state index contributed by atoms with van der Waals surface area (Å²) in [5, 5.41) is 10.5. The van der Waals surface area contributed by atoms with Crippen molar-refractivity contribution in [3.8, 4) is 11.3 Å². The third-order valence-corrected chi connectivity index (χ3v) is 6.25. The number of hydrogen-bond donors (Lipinski definition) is 4. The Hall–Kier alpha value is -2.17. The van der Waals surface area contributed by atoms with Crippen LogP contribution in [-0.2, 0) is 4.74 Å². The van der Waals surface area contributed by atoms with Gasteiger partial charge in [-0.2, -0.15) is 0 Å². The molecule has 1 unspecified atom stereocenters. The standard InChI is InChI=1S/C19H20Br2N6O2/c1-29-19(28)26-14-5-4-11-12(8-23-17(11)15(14)21)16-13(20)9-24-18(27-16)25-10-3-2-6-22-7-10/h4-5,8-10,22-23H,2-3,6-7H2,1H3,(H,26,28)(H,24,25,27). The molecule has 4 N–H and O–H groups in total. The summed E-state index contributed by atoms with van der Waals surface area (Å²) in [7, 11) is 1.33.